The molecule has 1 aromatic heterocycles. The SMILES string of the molecule is O=C(N[C@@H](Cc1ccc(F)cc1)C(=O)O)c1n[nH]c2c1CCCC/C2=C\c1cccc(Cl)c1. The van der Waals surface area contributed by atoms with Crippen molar-refractivity contribution in [1.82, 2.24) is 15.5 Å². The van der Waals surface area contributed by atoms with Crippen LogP contribution in [0.15, 0.2) is 48.5 Å². The van der Waals surface area contributed by atoms with E-state index in [1.54, 1.807) is 0 Å². The highest BCUT2D eigenvalue weighted by Crippen LogP contribution is 2.32. The summed E-state index contributed by atoms with van der Waals surface area (Å²) < 4.78 is 13.2. The van der Waals surface area contributed by atoms with Crippen molar-refractivity contribution < 1.29 is 19.1 Å². The molecule has 6 nitrogen and oxygen atoms in total. The van der Waals surface area contributed by atoms with Crippen molar-refractivity contribution in [1.29, 1.82) is 0 Å². The number of H-pyrrole nitrogens is 1. The van der Waals surface area contributed by atoms with E-state index in [1.165, 1.54) is 24.3 Å². The maximum absolute atomic E-state index is 13.2. The molecular formula is C25H23ClFN3O3. The number of aromatic amines is 1. The number of halogens is 2. The van der Waals surface area contributed by atoms with E-state index in [1.807, 2.05) is 30.3 Å². The van der Waals surface area contributed by atoms with Gasteiger partial charge >= 0.3 is 5.97 Å². The number of carbonyl (C=O) groups excluding carboxylic acids is 1. The summed E-state index contributed by atoms with van der Waals surface area (Å²) >= 11 is 6.11. The number of carbonyl (C=O) groups is 2. The third kappa shape index (κ3) is 5.49. The van der Waals surface area contributed by atoms with Crippen molar-refractivity contribution in [3.05, 3.63) is 87.4 Å². The maximum atomic E-state index is 13.2. The minimum atomic E-state index is -1.17. The molecule has 0 fully saturated rings. The fourth-order valence-electron chi connectivity index (χ4n) is 4.03. The summed E-state index contributed by atoms with van der Waals surface area (Å²) in [5, 5.41) is 20.0. The molecule has 1 heterocycles. The van der Waals surface area contributed by atoms with Crippen LogP contribution in [0, 0.1) is 5.82 Å². The van der Waals surface area contributed by atoms with Crippen LogP contribution in [0.25, 0.3) is 11.6 Å². The molecule has 4 rings (SSSR count). The van der Waals surface area contributed by atoms with Gasteiger partial charge < -0.3 is 10.4 Å². The summed E-state index contributed by atoms with van der Waals surface area (Å²) in [7, 11) is 0. The number of carboxylic acid groups (broad SMARTS) is 1. The molecule has 0 spiro atoms. The van der Waals surface area contributed by atoms with Crippen LogP contribution in [0.4, 0.5) is 4.39 Å². The molecule has 0 bridgehead atoms. The Bertz CT molecular complexity index is 1200. The van der Waals surface area contributed by atoms with Crippen molar-refractivity contribution in [3.8, 4) is 0 Å². The first-order chi connectivity index (χ1) is 15.9. The molecule has 170 valence electrons. The summed E-state index contributed by atoms with van der Waals surface area (Å²) in [6, 6.07) is 11.9. The second kappa shape index (κ2) is 10.0. The number of carboxylic acids is 1. The molecule has 1 atom stereocenters. The molecule has 1 amide bonds. The van der Waals surface area contributed by atoms with Crippen LogP contribution < -0.4 is 5.32 Å². The number of aromatic nitrogens is 2. The van der Waals surface area contributed by atoms with Crippen molar-refractivity contribution >= 4 is 35.1 Å². The van der Waals surface area contributed by atoms with E-state index in [4.69, 9.17) is 11.6 Å². The van der Waals surface area contributed by atoms with E-state index in [-0.39, 0.29) is 12.1 Å². The summed E-state index contributed by atoms with van der Waals surface area (Å²) in [5.41, 5.74) is 4.37. The van der Waals surface area contributed by atoms with Gasteiger partial charge in [-0.3, -0.25) is 9.89 Å². The molecule has 33 heavy (non-hydrogen) atoms. The topological polar surface area (TPSA) is 95.1 Å². The molecule has 0 unspecified atom stereocenters. The monoisotopic (exact) mass is 467 g/mol. The minimum Gasteiger partial charge on any atom is -0.480 e. The molecule has 8 heteroatoms. The molecular weight excluding hydrogens is 445 g/mol. The van der Waals surface area contributed by atoms with Gasteiger partial charge in [-0.05, 0) is 72.7 Å². The van der Waals surface area contributed by atoms with E-state index in [0.29, 0.717) is 17.0 Å². The van der Waals surface area contributed by atoms with E-state index in [2.05, 4.69) is 15.5 Å². The van der Waals surface area contributed by atoms with Crippen LogP contribution in [0.3, 0.4) is 0 Å². The summed E-state index contributed by atoms with van der Waals surface area (Å²) in [4.78, 5) is 24.8. The van der Waals surface area contributed by atoms with Gasteiger partial charge in [-0.2, -0.15) is 5.10 Å². The predicted octanol–water partition coefficient (Wildman–Crippen LogP) is 4.89. The third-order valence-corrected chi connectivity index (χ3v) is 5.91. The number of fused-ring (bicyclic) bond motifs is 1. The number of benzene rings is 2. The summed E-state index contributed by atoms with van der Waals surface area (Å²) in [6.07, 6.45) is 5.40. The Hall–Kier alpha value is -3.45. The lowest BCUT2D eigenvalue weighted by atomic mass is 10.0. The van der Waals surface area contributed by atoms with Crippen LogP contribution >= 0.6 is 11.6 Å². The van der Waals surface area contributed by atoms with Crippen molar-refractivity contribution in [3.63, 3.8) is 0 Å². The Morgan fingerprint density at radius 2 is 1.94 bits per heavy atom. The number of rotatable bonds is 6. The highest BCUT2D eigenvalue weighted by Gasteiger charge is 2.27. The number of hydrogen-bond donors (Lipinski definition) is 3. The lowest BCUT2D eigenvalue weighted by Crippen LogP contribution is -2.42. The molecule has 3 N–H and O–H groups in total. The largest absolute Gasteiger partial charge is 0.480 e. The van der Waals surface area contributed by atoms with Gasteiger partial charge in [0.2, 0.25) is 0 Å². The zero-order valence-corrected chi connectivity index (χ0v) is 18.5. The number of amides is 1. The van der Waals surface area contributed by atoms with Gasteiger partial charge in [0.05, 0.1) is 5.69 Å². The Morgan fingerprint density at radius 1 is 1.18 bits per heavy atom. The lowest BCUT2D eigenvalue weighted by Gasteiger charge is -2.14. The van der Waals surface area contributed by atoms with Gasteiger partial charge in [0, 0.05) is 17.0 Å². The van der Waals surface area contributed by atoms with Crippen molar-refractivity contribution in [2.45, 2.75) is 38.1 Å². The van der Waals surface area contributed by atoms with Crippen LogP contribution in [0.1, 0.15) is 52.1 Å². The molecule has 0 saturated carbocycles. The first-order valence-corrected chi connectivity index (χ1v) is 11.1. The minimum absolute atomic E-state index is 0.0356. The molecule has 2 aromatic carbocycles. The normalized spacial score (nSPS) is 15.5. The number of hydrogen-bond acceptors (Lipinski definition) is 3. The van der Waals surface area contributed by atoms with E-state index < -0.39 is 23.7 Å². The average Bonchev–Trinajstić information content (AvgIpc) is 3.11. The third-order valence-electron chi connectivity index (χ3n) is 5.67. The summed E-state index contributed by atoms with van der Waals surface area (Å²) in [5.74, 6) is -2.13. The number of nitrogens with zero attached hydrogens (tertiary/aromatic N) is 1. The smallest absolute Gasteiger partial charge is 0.326 e. The second-order valence-corrected chi connectivity index (χ2v) is 8.49. The van der Waals surface area contributed by atoms with Gasteiger partial charge in [0.1, 0.15) is 11.9 Å². The Morgan fingerprint density at radius 3 is 2.67 bits per heavy atom. The first kappa shape index (κ1) is 22.7. The zero-order valence-electron chi connectivity index (χ0n) is 17.8. The quantitative estimate of drug-likeness (QED) is 0.449. The molecule has 3 aromatic rings. The van der Waals surface area contributed by atoms with Crippen molar-refractivity contribution in [2.75, 3.05) is 0 Å². The summed E-state index contributed by atoms with van der Waals surface area (Å²) in [6.45, 7) is 0. The second-order valence-electron chi connectivity index (χ2n) is 8.05. The standard InChI is InChI=1S/C25H23ClFN3O3/c26-18-6-3-4-16(13-18)12-17-5-1-2-7-20-22(17)29-30-23(20)24(31)28-21(25(32)33)14-15-8-10-19(27)11-9-15/h3-4,6,8-13,21H,1-2,5,7,14H2,(H,28,31)(H,29,30)(H,32,33)/b17-12+/t21-/m0/s1. The van der Waals surface area contributed by atoms with Crippen LogP contribution in [0.2, 0.25) is 5.02 Å². The Labute approximate surface area is 195 Å². The van der Waals surface area contributed by atoms with Crippen LogP contribution in [0.5, 0.6) is 0 Å². The molecule has 0 radical (unpaired) electrons. The number of aliphatic carboxylic acids is 1. The molecule has 0 saturated heterocycles. The molecule has 1 aliphatic carbocycles. The maximum Gasteiger partial charge on any atom is 0.326 e. The van der Waals surface area contributed by atoms with E-state index in [9.17, 15) is 19.1 Å². The Balaban J connectivity index is 1.58. The van der Waals surface area contributed by atoms with E-state index in [0.717, 1.165) is 41.7 Å². The average molecular weight is 468 g/mol. The van der Waals surface area contributed by atoms with E-state index >= 15 is 0 Å². The number of allylic oxidation sites excluding steroid dienone is 1. The van der Waals surface area contributed by atoms with Gasteiger partial charge in [-0.25, -0.2) is 9.18 Å². The lowest BCUT2D eigenvalue weighted by molar-refractivity contribution is -0.139. The molecule has 1 aliphatic rings. The van der Waals surface area contributed by atoms with Gasteiger partial charge in [-0.1, -0.05) is 35.9 Å². The van der Waals surface area contributed by atoms with Gasteiger partial charge in [-0.15, -0.1) is 0 Å². The van der Waals surface area contributed by atoms with Crippen molar-refractivity contribution in [2.24, 2.45) is 0 Å². The van der Waals surface area contributed by atoms with Gasteiger partial charge in [0.15, 0.2) is 5.69 Å². The number of nitrogens with one attached hydrogen (secondary N) is 2. The highest BCUT2D eigenvalue weighted by atomic mass is 35.5. The molecule has 0 aliphatic heterocycles. The fraction of sp³-hybridized carbons (Fsp3) is 0.240. The van der Waals surface area contributed by atoms with Crippen LogP contribution in [-0.4, -0.2) is 33.2 Å². The zero-order chi connectivity index (χ0) is 23.4. The van der Waals surface area contributed by atoms with Crippen LogP contribution in [-0.2, 0) is 17.6 Å². The predicted molar refractivity (Wildman–Crippen MR) is 124 cm³/mol. The van der Waals surface area contributed by atoms with Gasteiger partial charge in [0.25, 0.3) is 5.91 Å². The highest BCUT2D eigenvalue weighted by molar-refractivity contribution is 6.30. The fourth-order valence-corrected chi connectivity index (χ4v) is 4.23. The Kier molecular flexibility index (Phi) is 6.89. The first-order valence-electron chi connectivity index (χ1n) is 10.7.